The number of nitrogens with zero attached hydrogens (tertiary/aromatic N) is 1. The highest BCUT2D eigenvalue weighted by Crippen LogP contribution is 2.15. The number of carbonyl (C=O) groups is 1. The standard InChI is InChI=1S/C11H20N2O3/c1-2-15-11(14)8-16-10-6-13(7-10)5-9-3-12-4-9/h9-10,12H,2-8H2,1H3. The summed E-state index contributed by atoms with van der Waals surface area (Å²) in [6, 6.07) is 0. The van der Waals surface area contributed by atoms with Gasteiger partial charge in [-0.25, -0.2) is 4.79 Å². The van der Waals surface area contributed by atoms with Gasteiger partial charge in [0.2, 0.25) is 0 Å². The third kappa shape index (κ3) is 3.17. The predicted molar refractivity (Wildman–Crippen MR) is 59.2 cm³/mol. The minimum Gasteiger partial charge on any atom is -0.464 e. The van der Waals surface area contributed by atoms with E-state index >= 15 is 0 Å². The molecule has 0 aliphatic carbocycles. The first-order valence-corrected chi connectivity index (χ1v) is 5.98. The number of ether oxygens (including phenoxy) is 2. The Morgan fingerprint density at radius 3 is 2.75 bits per heavy atom. The first-order valence-electron chi connectivity index (χ1n) is 5.98. The van der Waals surface area contributed by atoms with Gasteiger partial charge < -0.3 is 14.8 Å². The van der Waals surface area contributed by atoms with Crippen LogP contribution in [0.15, 0.2) is 0 Å². The van der Waals surface area contributed by atoms with E-state index in [0.29, 0.717) is 6.61 Å². The molecule has 0 unspecified atom stereocenters. The fraction of sp³-hybridized carbons (Fsp3) is 0.909. The van der Waals surface area contributed by atoms with E-state index in [4.69, 9.17) is 9.47 Å². The Labute approximate surface area is 96.1 Å². The van der Waals surface area contributed by atoms with E-state index in [1.165, 1.54) is 0 Å². The van der Waals surface area contributed by atoms with Crippen LogP contribution >= 0.6 is 0 Å². The molecule has 0 bridgehead atoms. The molecule has 0 amide bonds. The third-order valence-corrected chi connectivity index (χ3v) is 3.05. The van der Waals surface area contributed by atoms with Crippen LogP contribution in [0.4, 0.5) is 0 Å². The Hall–Kier alpha value is -0.650. The van der Waals surface area contributed by atoms with Crippen LogP contribution < -0.4 is 5.32 Å². The molecule has 2 rings (SSSR count). The van der Waals surface area contributed by atoms with Crippen molar-refractivity contribution in [2.45, 2.75) is 13.0 Å². The lowest BCUT2D eigenvalue weighted by molar-refractivity contribution is -0.154. The van der Waals surface area contributed by atoms with Crippen LogP contribution in [0.1, 0.15) is 6.92 Å². The predicted octanol–water partition coefficient (Wildman–Crippen LogP) is -0.530. The van der Waals surface area contributed by atoms with Crippen molar-refractivity contribution in [3.05, 3.63) is 0 Å². The highest BCUT2D eigenvalue weighted by molar-refractivity contribution is 5.70. The normalized spacial score (nSPS) is 22.6. The van der Waals surface area contributed by atoms with E-state index in [1.54, 1.807) is 6.92 Å². The van der Waals surface area contributed by atoms with Gasteiger partial charge in [0.15, 0.2) is 0 Å². The Morgan fingerprint density at radius 2 is 2.19 bits per heavy atom. The average Bonchev–Trinajstić information content (AvgIpc) is 2.12. The Balaban J connectivity index is 1.49. The number of carbonyl (C=O) groups excluding carboxylic acids is 1. The van der Waals surface area contributed by atoms with Crippen molar-refractivity contribution >= 4 is 5.97 Å². The quantitative estimate of drug-likeness (QED) is 0.619. The number of rotatable bonds is 6. The molecular weight excluding hydrogens is 208 g/mol. The van der Waals surface area contributed by atoms with Gasteiger partial charge in [0.25, 0.3) is 0 Å². The largest absolute Gasteiger partial charge is 0.464 e. The number of esters is 1. The lowest BCUT2D eigenvalue weighted by Crippen LogP contribution is -2.57. The number of nitrogens with one attached hydrogen (secondary N) is 1. The van der Waals surface area contributed by atoms with Crippen LogP contribution in [-0.2, 0) is 14.3 Å². The maximum atomic E-state index is 11.0. The molecule has 92 valence electrons. The van der Waals surface area contributed by atoms with E-state index < -0.39 is 0 Å². The molecule has 0 aromatic rings. The molecule has 1 N–H and O–H groups in total. The van der Waals surface area contributed by atoms with Crippen LogP contribution in [0.25, 0.3) is 0 Å². The Kier molecular flexibility index (Phi) is 4.15. The van der Waals surface area contributed by atoms with Gasteiger partial charge in [0.05, 0.1) is 12.7 Å². The van der Waals surface area contributed by atoms with Crippen molar-refractivity contribution < 1.29 is 14.3 Å². The molecule has 5 nitrogen and oxygen atoms in total. The molecule has 2 fully saturated rings. The molecule has 0 spiro atoms. The SMILES string of the molecule is CCOC(=O)COC1CN(CC2CNC2)C1. The summed E-state index contributed by atoms with van der Waals surface area (Å²) < 4.78 is 10.2. The Bertz CT molecular complexity index is 237. The lowest BCUT2D eigenvalue weighted by atomic mass is 10.0. The summed E-state index contributed by atoms with van der Waals surface area (Å²) in [5.41, 5.74) is 0. The smallest absolute Gasteiger partial charge is 0.332 e. The molecule has 2 aliphatic heterocycles. The van der Waals surface area contributed by atoms with Crippen LogP contribution in [0.2, 0.25) is 0 Å². The van der Waals surface area contributed by atoms with Crippen molar-refractivity contribution in [3.63, 3.8) is 0 Å². The van der Waals surface area contributed by atoms with Crippen LogP contribution in [0, 0.1) is 5.92 Å². The monoisotopic (exact) mass is 228 g/mol. The highest BCUT2D eigenvalue weighted by atomic mass is 16.6. The molecule has 0 radical (unpaired) electrons. The molecule has 0 atom stereocenters. The second-order valence-electron chi connectivity index (χ2n) is 4.48. The summed E-state index contributed by atoms with van der Waals surface area (Å²) >= 11 is 0. The fourth-order valence-corrected chi connectivity index (χ4v) is 2.01. The van der Waals surface area contributed by atoms with Gasteiger partial charge in [-0.15, -0.1) is 0 Å². The van der Waals surface area contributed by atoms with E-state index in [1.807, 2.05) is 0 Å². The topological polar surface area (TPSA) is 50.8 Å². The maximum absolute atomic E-state index is 11.0. The zero-order chi connectivity index (χ0) is 11.4. The van der Waals surface area contributed by atoms with Crippen molar-refractivity contribution in [3.8, 4) is 0 Å². The minimum atomic E-state index is -0.260. The third-order valence-electron chi connectivity index (χ3n) is 3.05. The molecule has 16 heavy (non-hydrogen) atoms. The first-order chi connectivity index (χ1) is 7.78. The average molecular weight is 228 g/mol. The summed E-state index contributed by atoms with van der Waals surface area (Å²) in [5.74, 6) is 0.551. The van der Waals surface area contributed by atoms with Crippen LogP contribution in [-0.4, -0.2) is 62.9 Å². The van der Waals surface area contributed by atoms with Crippen LogP contribution in [0.3, 0.4) is 0 Å². The summed E-state index contributed by atoms with van der Waals surface area (Å²) in [6.07, 6.45) is 0.220. The fourth-order valence-electron chi connectivity index (χ4n) is 2.01. The van der Waals surface area contributed by atoms with Crippen molar-refractivity contribution in [2.24, 2.45) is 5.92 Å². The number of likely N-dealkylation sites (tertiary alicyclic amines) is 1. The van der Waals surface area contributed by atoms with Gasteiger partial charge in [-0.05, 0) is 12.8 Å². The summed E-state index contributed by atoms with van der Waals surface area (Å²) in [4.78, 5) is 13.4. The van der Waals surface area contributed by atoms with E-state index in [2.05, 4.69) is 10.2 Å². The van der Waals surface area contributed by atoms with Gasteiger partial charge in [0, 0.05) is 32.7 Å². The van der Waals surface area contributed by atoms with E-state index in [0.717, 1.165) is 38.6 Å². The second-order valence-corrected chi connectivity index (χ2v) is 4.48. The van der Waals surface area contributed by atoms with E-state index in [-0.39, 0.29) is 18.7 Å². The zero-order valence-corrected chi connectivity index (χ0v) is 9.78. The first kappa shape index (κ1) is 11.8. The number of hydrogen-bond donors (Lipinski definition) is 1. The summed E-state index contributed by atoms with van der Waals surface area (Å²) in [5, 5.41) is 3.26. The van der Waals surface area contributed by atoms with Crippen molar-refractivity contribution in [1.29, 1.82) is 0 Å². The second kappa shape index (κ2) is 5.61. The highest BCUT2D eigenvalue weighted by Gasteiger charge is 2.31. The zero-order valence-electron chi connectivity index (χ0n) is 9.78. The molecular formula is C11H20N2O3. The number of hydrogen-bond acceptors (Lipinski definition) is 5. The van der Waals surface area contributed by atoms with Crippen LogP contribution in [0.5, 0.6) is 0 Å². The molecule has 2 aliphatic rings. The summed E-state index contributed by atoms with van der Waals surface area (Å²) in [6.45, 7) is 7.68. The summed E-state index contributed by atoms with van der Waals surface area (Å²) in [7, 11) is 0. The van der Waals surface area contributed by atoms with Crippen molar-refractivity contribution in [2.75, 3.05) is 45.9 Å². The molecule has 2 heterocycles. The van der Waals surface area contributed by atoms with Gasteiger partial charge in [-0.1, -0.05) is 0 Å². The maximum Gasteiger partial charge on any atom is 0.332 e. The molecule has 2 saturated heterocycles. The molecule has 0 aromatic heterocycles. The molecule has 0 saturated carbocycles. The minimum absolute atomic E-state index is 0.0946. The van der Waals surface area contributed by atoms with Crippen molar-refractivity contribution in [1.82, 2.24) is 10.2 Å². The van der Waals surface area contributed by atoms with Gasteiger partial charge in [-0.3, -0.25) is 4.90 Å². The van der Waals surface area contributed by atoms with Gasteiger partial charge in [-0.2, -0.15) is 0 Å². The molecule has 5 heteroatoms. The molecule has 0 aromatic carbocycles. The van der Waals surface area contributed by atoms with Gasteiger partial charge >= 0.3 is 5.97 Å². The lowest BCUT2D eigenvalue weighted by Gasteiger charge is -2.42. The van der Waals surface area contributed by atoms with E-state index in [9.17, 15) is 4.79 Å². The Morgan fingerprint density at radius 1 is 1.44 bits per heavy atom. The van der Waals surface area contributed by atoms with Gasteiger partial charge in [0.1, 0.15) is 6.61 Å².